The molecule has 0 saturated heterocycles. The van der Waals surface area contributed by atoms with Crippen molar-refractivity contribution in [3.05, 3.63) is 130 Å². The summed E-state index contributed by atoms with van der Waals surface area (Å²) in [5.41, 5.74) is 3.17. The van der Waals surface area contributed by atoms with E-state index >= 15 is 0 Å². The van der Waals surface area contributed by atoms with Crippen molar-refractivity contribution in [1.29, 1.82) is 0 Å². The van der Waals surface area contributed by atoms with Gasteiger partial charge in [0.05, 0.1) is 33.4 Å². The molecular formula is C27H19N7O3. The second-order valence-corrected chi connectivity index (χ2v) is 7.87. The minimum Gasteiger partial charge on any atom is -0.288 e. The van der Waals surface area contributed by atoms with Gasteiger partial charge < -0.3 is 0 Å². The van der Waals surface area contributed by atoms with E-state index in [1.807, 2.05) is 60.7 Å². The lowest BCUT2D eigenvalue weighted by molar-refractivity contribution is -0.384. The quantitative estimate of drug-likeness (QED) is 0.144. The molecule has 1 N–H and O–H groups in total. The van der Waals surface area contributed by atoms with E-state index in [2.05, 4.69) is 25.6 Å². The Morgan fingerprint density at radius 3 is 1.73 bits per heavy atom. The summed E-state index contributed by atoms with van der Waals surface area (Å²) in [5, 5.41) is 31.0. The fraction of sp³-hybridized carbons (Fsp3) is 0. The molecule has 10 nitrogen and oxygen atoms in total. The summed E-state index contributed by atoms with van der Waals surface area (Å²) in [5.74, 6) is 0. The van der Waals surface area contributed by atoms with Crippen LogP contribution in [0.3, 0.4) is 0 Å². The molecule has 1 heterocycles. The molecule has 1 aromatic heterocycles. The van der Waals surface area contributed by atoms with Crippen molar-refractivity contribution in [2.75, 3.05) is 0 Å². The minimum atomic E-state index is -0.495. The molecule has 0 bridgehead atoms. The summed E-state index contributed by atoms with van der Waals surface area (Å²) in [6.45, 7) is 0. The summed E-state index contributed by atoms with van der Waals surface area (Å²) in [6, 6.07) is 31.3. The highest BCUT2D eigenvalue weighted by molar-refractivity contribution is 5.72. The highest BCUT2D eigenvalue weighted by Gasteiger charge is 2.17. The fourth-order valence-corrected chi connectivity index (χ4v) is 3.54. The Morgan fingerprint density at radius 2 is 1.16 bits per heavy atom. The lowest BCUT2D eigenvalue weighted by Gasteiger charge is -2.01. The molecule has 5 aromatic rings. The maximum atomic E-state index is 13.3. The summed E-state index contributed by atoms with van der Waals surface area (Å²) in [6.07, 6.45) is 0. The Hall–Kier alpha value is -5.51. The number of benzene rings is 4. The Labute approximate surface area is 210 Å². The van der Waals surface area contributed by atoms with E-state index in [1.165, 1.54) is 28.9 Å². The van der Waals surface area contributed by atoms with Crippen molar-refractivity contribution >= 4 is 28.4 Å². The molecular weight excluding hydrogens is 470 g/mol. The smallest absolute Gasteiger partial charge is 0.288 e. The Bertz CT molecular complexity index is 1640. The molecule has 4 aromatic carbocycles. The topological polar surface area (TPSA) is 130 Å². The van der Waals surface area contributed by atoms with Crippen LogP contribution in [0.15, 0.2) is 134 Å². The number of aromatic nitrogens is 2. The van der Waals surface area contributed by atoms with Crippen LogP contribution in [0.5, 0.6) is 0 Å². The maximum Gasteiger partial charge on any atom is 0.299 e. The standard InChI is InChI=1S/C27H19N7O3/c35-27-26(31-30-22-13-11-21(12-14-22)29-28-20-9-5-2-6-10-20)25(19-7-3-1-4-8-19)32-33(27)23-15-17-24(18-16-23)34(36)37/h1-18,32H. The molecule has 0 saturated carbocycles. The number of hydrogen-bond donors (Lipinski definition) is 1. The van der Waals surface area contributed by atoms with Gasteiger partial charge in [-0.15, -0.1) is 5.11 Å². The number of hydrogen-bond acceptors (Lipinski definition) is 7. The van der Waals surface area contributed by atoms with Gasteiger partial charge in [-0.1, -0.05) is 48.5 Å². The molecule has 0 aliphatic carbocycles. The van der Waals surface area contributed by atoms with Gasteiger partial charge in [0.1, 0.15) is 0 Å². The van der Waals surface area contributed by atoms with Crippen molar-refractivity contribution in [2.24, 2.45) is 20.5 Å². The number of H-pyrrole nitrogens is 1. The second kappa shape index (κ2) is 10.4. The normalized spacial score (nSPS) is 11.4. The predicted octanol–water partition coefficient (Wildman–Crippen LogP) is 7.57. The van der Waals surface area contributed by atoms with Gasteiger partial charge in [0.2, 0.25) is 0 Å². The van der Waals surface area contributed by atoms with Gasteiger partial charge in [-0.05, 0) is 48.5 Å². The van der Waals surface area contributed by atoms with E-state index in [0.717, 1.165) is 11.3 Å². The van der Waals surface area contributed by atoms with Crippen molar-refractivity contribution in [2.45, 2.75) is 0 Å². The van der Waals surface area contributed by atoms with Crippen LogP contribution in [0.25, 0.3) is 16.9 Å². The van der Waals surface area contributed by atoms with Gasteiger partial charge in [0.25, 0.3) is 11.2 Å². The van der Waals surface area contributed by atoms with E-state index in [-0.39, 0.29) is 11.4 Å². The van der Waals surface area contributed by atoms with Crippen molar-refractivity contribution < 1.29 is 4.92 Å². The van der Waals surface area contributed by atoms with Crippen LogP contribution in [-0.4, -0.2) is 14.7 Å². The average Bonchev–Trinajstić information content (AvgIpc) is 3.28. The largest absolute Gasteiger partial charge is 0.299 e. The van der Waals surface area contributed by atoms with Gasteiger partial charge in [-0.2, -0.15) is 15.3 Å². The van der Waals surface area contributed by atoms with E-state index in [9.17, 15) is 14.9 Å². The lowest BCUT2D eigenvalue weighted by Crippen LogP contribution is -2.13. The summed E-state index contributed by atoms with van der Waals surface area (Å²) >= 11 is 0. The van der Waals surface area contributed by atoms with Crippen molar-refractivity contribution in [1.82, 2.24) is 9.78 Å². The molecule has 0 aliphatic rings. The molecule has 5 rings (SSSR count). The van der Waals surface area contributed by atoms with Crippen LogP contribution in [-0.2, 0) is 0 Å². The molecule has 0 unspecified atom stereocenters. The number of nitrogens with zero attached hydrogens (tertiary/aromatic N) is 6. The molecule has 0 atom stereocenters. The van der Waals surface area contributed by atoms with E-state index in [4.69, 9.17) is 0 Å². The molecule has 0 spiro atoms. The number of nitro benzene ring substituents is 1. The zero-order valence-electron chi connectivity index (χ0n) is 19.3. The molecule has 0 aliphatic heterocycles. The first-order valence-corrected chi connectivity index (χ1v) is 11.2. The van der Waals surface area contributed by atoms with Gasteiger partial charge in [-0.3, -0.25) is 20.0 Å². The maximum absolute atomic E-state index is 13.3. The summed E-state index contributed by atoms with van der Waals surface area (Å²) < 4.78 is 1.29. The molecule has 37 heavy (non-hydrogen) atoms. The van der Waals surface area contributed by atoms with Crippen LogP contribution in [0.4, 0.5) is 28.4 Å². The van der Waals surface area contributed by atoms with Crippen LogP contribution in [0.1, 0.15) is 0 Å². The van der Waals surface area contributed by atoms with Gasteiger partial charge >= 0.3 is 0 Å². The van der Waals surface area contributed by atoms with Gasteiger partial charge in [0.15, 0.2) is 5.69 Å². The third-order valence-electron chi connectivity index (χ3n) is 5.40. The second-order valence-electron chi connectivity index (χ2n) is 7.87. The number of nitrogens with one attached hydrogen (secondary N) is 1. The third kappa shape index (κ3) is 5.28. The number of azo groups is 2. The summed E-state index contributed by atoms with van der Waals surface area (Å²) in [4.78, 5) is 23.8. The number of aromatic amines is 1. The third-order valence-corrected chi connectivity index (χ3v) is 5.40. The first-order chi connectivity index (χ1) is 18.1. The van der Waals surface area contributed by atoms with Crippen LogP contribution in [0, 0.1) is 10.1 Å². The first-order valence-electron chi connectivity index (χ1n) is 11.2. The zero-order chi connectivity index (χ0) is 25.6. The SMILES string of the molecule is O=c1c(N=Nc2ccc(N=Nc3ccccc3)cc2)c(-c2ccccc2)[nH]n1-c1ccc([N+](=O)[O-])cc1. The average molecular weight is 489 g/mol. The van der Waals surface area contributed by atoms with E-state index < -0.39 is 10.5 Å². The Balaban J connectivity index is 1.46. The van der Waals surface area contributed by atoms with E-state index in [1.54, 1.807) is 24.3 Å². The predicted molar refractivity (Wildman–Crippen MR) is 140 cm³/mol. The minimum absolute atomic E-state index is 0.0710. The van der Waals surface area contributed by atoms with Crippen LogP contribution in [0.2, 0.25) is 0 Å². The van der Waals surface area contributed by atoms with Crippen molar-refractivity contribution in [3.63, 3.8) is 0 Å². The lowest BCUT2D eigenvalue weighted by atomic mass is 10.1. The molecule has 10 heteroatoms. The Kier molecular flexibility index (Phi) is 6.53. The first kappa shape index (κ1) is 23.2. The fourth-order valence-electron chi connectivity index (χ4n) is 3.54. The Morgan fingerprint density at radius 1 is 0.649 bits per heavy atom. The highest BCUT2D eigenvalue weighted by Crippen LogP contribution is 2.29. The van der Waals surface area contributed by atoms with Crippen LogP contribution < -0.4 is 5.56 Å². The summed E-state index contributed by atoms with van der Waals surface area (Å²) in [7, 11) is 0. The highest BCUT2D eigenvalue weighted by atomic mass is 16.6. The van der Waals surface area contributed by atoms with E-state index in [0.29, 0.717) is 22.8 Å². The van der Waals surface area contributed by atoms with Gasteiger partial charge in [0, 0.05) is 17.7 Å². The number of non-ortho nitro benzene ring substituents is 1. The molecule has 180 valence electrons. The molecule has 0 fully saturated rings. The molecule has 0 amide bonds. The van der Waals surface area contributed by atoms with Gasteiger partial charge in [-0.25, -0.2) is 4.68 Å². The molecule has 0 radical (unpaired) electrons. The number of nitro groups is 1. The zero-order valence-corrected chi connectivity index (χ0v) is 19.3. The monoisotopic (exact) mass is 489 g/mol. The van der Waals surface area contributed by atoms with Crippen LogP contribution >= 0.6 is 0 Å². The van der Waals surface area contributed by atoms with Crippen molar-refractivity contribution in [3.8, 4) is 16.9 Å². The number of rotatable bonds is 7.